The van der Waals surface area contributed by atoms with Crippen molar-refractivity contribution >= 4 is 17.6 Å². The van der Waals surface area contributed by atoms with Crippen molar-refractivity contribution in [3.05, 3.63) is 58.9 Å². The number of hydrogen-bond donors (Lipinski definition) is 2. The van der Waals surface area contributed by atoms with E-state index in [1.807, 2.05) is 6.07 Å². The number of pyridine rings is 1. The van der Waals surface area contributed by atoms with E-state index in [0.717, 1.165) is 11.1 Å². The molecule has 0 spiro atoms. The van der Waals surface area contributed by atoms with E-state index in [9.17, 15) is 9.59 Å². The van der Waals surface area contributed by atoms with Crippen LogP contribution >= 0.6 is 0 Å². The van der Waals surface area contributed by atoms with Crippen LogP contribution in [0.4, 0.5) is 5.69 Å². The van der Waals surface area contributed by atoms with Gasteiger partial charge in [-0.25, -0.2) is 4.79 Å². The summed E-state index contributed by atoms with van der Waals surface area (Å²) in [6.07, 6.45) is 1.69. The Morgan fingerprint density at radius 3 is 2.35 bits per heavy atom. The third-order valence-electron chi connectivity index (χ3n) is 3.59. The van der Waals surface area contributed by atoms with E-state index in [1.165, 1.54) is 12.1 Å². The molecule has 2 aromatic rings. The molecule has 1 aromatic carbocycles. The first-order valence-electron chi connectivity index (χ1n) is 7.30. The molecule has 120 valence electrons. The van der Waals surface area contributed by atoms with Crippen LogP contribution in [0, 0.1) is 6.92 Å². The molecule has 1 heterocycles. The molecule has 0 aliphatic heterocycles. The van der Waals surface area contributed by atoms with Gasteiger partial charge in [0, 0.05) is 11.9 Å². The van der Waals surface area contributed by atoms with E-state index in [-0.39, 0.29) is 22.6 Å². The number of nitrogens with zero attached hydrogens (tertiary/aromatic N) is 1. The number of anilines is 1. The fourth-order valence-corrected chi connectivity index (χ4v) is 2.05. The van der Waals surface area contributed by atoms with Crippen molar-refractivity contribution in [2.24, 2.45) is 0 Å². The number of amides is 1. The van der Waals surface area contributed by atoms with E-state index in [1.54, 1.807) is 25.3 Å². The second-order valence-corrected chi connectivity index (χ2v) is 6.47. The second-order valence-electron chi connectivity index (χ2n) is 6.47. The van der Waals surface area contributed by atoms with Gasteiger partial charge in [-0.2, -0.15) is 0 Å². The number of benzene rings is 1. The summed E-state index contributed by atoms with van der Waals surface area (Å²) < 4.78 is 0. The topological polar surface area (TPSA) is 79.3 Å². The van der Waals surface area contributed by atoms with E-state index in [4.69, 9.17) is 5.11 Å². The van der Waals surface area contributed by atoms with Gasteiger partial charge in [0.2, 0.25) is 0 Å². The fourth-order valence-electron chi connectivity index (χ4n) is 2.05. The van der Waals surface area contributed by atoms with Crippen LogP contribution < -0.4 is 5.32 Å². The van der Waals surface area contributed by atoms with Crippen LogP contribution in [0.15, 0.2) is 36.5 Å². The Morgan fingerprint density at radius 1 is 1.13 bits per heavy atom. The minimum atomic E-state index is -1.03. The minimum Gasteiger partial charge on any atom is -0.478 e. The molecule has 2 rings (SSSR count). The number of carboxylic acid groups (broad SMARTS) is 1. The van der Waals surface area contributed by atoms with Crippen molar-refractivity contribution in [3.8, 4) is 0 Å². The number of carbonyl (C=O) groups is 2. The maximum atomic E-state index is 12.3. The predicted molar refractivity (Wildman–Crippen MR) is 89.0 cm³/mol. The molecule has 0 aliphatic rings. The summed E-state index contributed by atoms with van der Waals surface area (Å²) in [7, 11) is 0. The van der Waals surface area contributed by atoms with Gasteiger partial charge in [0.15, 0.2) is 0 Å². The van der Waals surface area contributed by atoms with Crippen molar-refractivity contribution in [2.75, 3.05) is 5.32 Å². The number of aromatic carboxylic acids is 1. The van der Waals surface area contributed by atoms with E-state index in [2.05, 4.69) is 31.1 Å². The average Bonchev–Trinajstić information content (AvgIpc) is 2.48. The Hall–Kier alpha value is -2.69. The number of hydrogen-bond acceptors (Lipinski definition) is 3. The van der Waals surface area contributed by atoms with Crippen molar-refractivity contribution < 1.29 is 14.7 Å². The Bertz CT molecular complexity index is 744. The highest BCUT2D eigenvalue weighted by Gasteiger charge is 2.16. The SMILES string of the molecule is Cc1ccc(C(=O)O)cc1NC(=O)c1ccc(C(C)(C)C)cn1. The average molecular weight is 312 g/mol. The highest BCUT2D eigenvalue weighted by Crippen LogP contribution is 2.22. The van der Waals surface area contributed by atoms with Gasteiger partial charge >= 0.3 is 5.97 Å². The number of aromatic nitrogens is 1. The summed E-state index contributed by atoms with van der Waals surface area (Å²) in [4.78, 5) is 27.5. The molecule has 2 N–H and O–H groups in total. The smallest absolute Gasteiger partial charge is 0.335 e. The Morgan fingerprint density at radius 2 is 1.83 bits per heavy atom. The van der Waals surface area contributed by atoms with Gasteiger partial charge in [-0.05, 0) is 41.7 Å². The van der Waals surface area contributed by atoms with Crippen molar-refractivity contribution in [2.45, 2.75) is 33.1 Å². The molecule has 5 heteroatoms. The van der Waals surface area contributed by atoms with Crippen molar-refractivity contribution in [3.63, 3.8) is 0 Å². The third kappa shape index (κ3) is 3.94. The maximum absolute atomic E-state index is 12.3. The molecule has 0 radical (unpaired) electrons. The summed E-state index contributed by atoms with van der Waals surface area (Å²) >= 11 is 0. The zero-order chi connectivity index (χ0) is 17.2. The molecule has 0 atom stereocenters. The van der Waals surface area contributed by atoms with Gasteiger partial charge in [-0.1, -0.05) is 32.9 Å². The Balaban J connectivity index is 2.22. The number of aryl methyl sites for hydroxylation is 1. The Labute approximate surface area is 135 Å². The van der Waals surface area contributed by atoms with Gasteiger partial charge in [-0.15, -0.1) is 0 Å². The minimum absolute atomic E-state index is 0.0333. The van der Waals surface area contributed by atoms with E-state index in [0.29, 0.717) is 5.69 Å². The zero-order valence-corrected chi connectivity index (χ0v) is 13.7. The van der Waals surface area contributed by atoms with E-state index >= 15 is 0 Å². The summed E-state index contributed by atoms with van der Waals surface area (Å²) in [5.41, 5.74) is 2.68. The fraction of sp³-hybridized carbons (Fsp3) is 0.278. The maximum Gasteiger partial charge on any atom is 0.335 e. The summed E-state index contributed by atoms with van der Waals surface area (Å²) in [5.74, 6) is -1.40. The first-order valence-corrected chi connectivity index (χ1v) is 7.30. The van der Waals surface area contributed by atoms with Crippen molar-refractivity contribution in [1.29, 1.82) is 0 Å². The molecular formula is C18H20N2O3. The lowest BCUT2D eigenvalue weighted by atomic mass is 9.88. The molecule has 0 bridgehead atoms. The lowest BCUT2D eigenvalue weighted by Gasteiger charge is -2.18. The summed E-state index contributed by atoms with van der Waals surface area (Å²) in [6, 6.07) is 8.16. The van der Waals surface area contributed by atoms with Crippen LogP contribution in [-0.2, 0) is 5.41 Å². The van der Waals surface area contributed by atoms with Crippen LogP contribution in [-0.4, -0.2) is 22.0 Å². The highest BCUT2D eigenvalue weighted by molar-refractivity contribution is 6.04. The molecule has 1 aromatic heterocycles. The number of carboxylic acids is 1. The lowest BCUT2D eigenvalue weighted by Crippen LogP contribution is -2.17. The molecule has 0 saturated heterocycles. The van der Waals surface area contributed by atoms with Crippen LogP contribution in [0.5, 0.6) is 0 Å². The van der Waals surface area contributed by atoms with Gasteiger partial charge in [0.1, 0.15) is 5.69 Å². The number of carbonyl (C=O) groups excluding carboxylic acids is 1. The first-order chi connectivity index (χ1) is 10.7. The molecular weight excluding hydrogens is 292 g/mol. The van der Waals surface area contributed by atoms with Crippen molar-refractivity contribution in [1.82, 2.24) is 4.98 Å². The van der Waals surface area contributed by atoms with Gasteiger partial charge < -0.3 is 10.4 Å². The third-order valence-corrected chi connectivity index (χ3v) is 3.59. The van der Waals surface area contributed by atoms with Crippen LogP contribution in [0.3, 0.4) is 0 Å². The molecule has 23 heavy (non-hydrogen) atoms. The second kappa shape index (κ2) is 6.20. The molecule has 0 aliphatic carbocycles. The predicted octanol–water partition coefficient (Wildman–Crippen LogP) is 3.64. The highest BCUT2D eigenvalue weighted by atomic mass is 16.4. The summed E-state index contributed by atoms with van der Waals surface area (Å²) in [5, 5.41) is 11.7. The molecule has 0 saturated carbocycles. The quantitative estimate of drug-likeness (QED) is 0.907. The Kier molecular flexibility index (Phi) is 4.50. The van der Waals surface area contributed by atoms with Crippen LogP contribution in [0.2, 0.25) is 0 Å². The zero-order valence-electron chi connectivity index (χ0n) is 13.7. The molecule has 5 nitrogen and oxygen atoms in total. The monoisotopic (exact) mass is 312 g/mol. The van der Waals surface area contributed by atoms with Crippen LogP contribution in [0.1, 0.15) is 52.7 Å². The first kappa shape index (κ1) is 16.7. The number of rotatable bonds is 3. The standard InChI is InChI=1S/C18H20N2O3/c1-11-5-6-12(17(22)23)9-15(11)20-16(21)14-8-7-13(10-19-14)18(2,3)4/h5-10H,1-4H3,(H,20,21)(H,22,23). The number of nitrogens with one attached hydrogen (secondary N) is 1. The lowest BCUT2D eigenvalue weighted by molar-refractivity contribution is 0.0696. The van der Waals surface area contributed by atoms with Gasteiger partial charge in [0.25, 0.3) is 5.91 Å². The van der Waals surface area contributed by atoms with Gasteiger partial charge in [-0.3, -0.25) is 9.78 Å². The van der Waals surface area contributed by atoms with Gasteiger partial charge in [0.05, 0.1) is 5.56 Å². The normalized spacial score (nSPS) is 11.1. The summed E-state index contributed by atoms with van der Waals surface area (Å²) in [6.45, 7) is 8.02. The molecule has 0 fully saturated rings. The van der Waals surface area contributed by atoms with Crippen LogP contribution in [0.25, 0.3) is 0 Å². The van der Waals surface area contributed by atoms with E-state index < -0.39 is 5.97 Å². The molecule has 0 unspecified atom stereocenters. The largest absolute Gasteiger partial charge is 0.478 e. The molecule has 1 amide bonds.